The van der Waals surface area contributed by atoms with Gasteiger partial charge >= 0.3 is 0 Å². The van der Waals surface area contributed by atoms with Crippen molar-refractivity contribution >= 4 is 17.3 Å². The number of anilines is 1. The van der Waals surface area contributed by atoms with E-state index < -0.39 is 17.4 Å². The number of rotatable bonds is 3. The number of nitrogens with two attached hydrogens (primary N) is 1. The average Bonchev–Trinajstić information content (AvgIpc) is 2.21. The second-order valence-corrected chi connectivity index (χ2v) is 2.53. The molecule has 0 unspecified atom stereocenters. The molecule has 0 spiro atoms. The summed E-state index contributed by atoms with van der Waals surface area (Å²) in [5.41, 5.74) is 6.60. The first-order valence-corrected chi connectivity index (χ1v) is 3.93. The van der Waals surface area contributed by atoms with Crippen LogP contribution in [0.4, 0.5) is 10.1 Å². The minimum absolute atomic E-state index is 0.0616. The van der Waals surface area contributed by atoms with Gasteiger partial charge in [0.25, 0.3) is 5.91 Å². The van der Waals surface area contributed by atoms with Crippen molar-refractivity contribution in [3.63, 3.8) is 0 Å². The fourth-order valence-corrected chi connectivity index (χ4v) is 0.803. The number of nitrogens with one attached hydrogen (secondary N) is 1. The van der Waals surface area contributed by atoms with Gasteiger partial charge in [-0.15, -0.1) is 0 Å². The maximum atomic E-state index is 13.0. The van der Waals surface area contributed by atoms with E-state index in [1.165, 1.54) is 24.3 Å². The van der Waals surface area contributed by atoms with Gasteiger partial charge in [0.2, 0.25) is 5.71 Å². The highest BCUT2D eigenvalue weighted by molar-refractivity contribution is 6.44. The molecule has 0 saturated heterocycles. The average molecular weight is 206 g/mol. The lowest BCUT2D eigenvalue weighted by Gasteiger charge is -2.00. The number of carbonyl (C=O) groups is 1. The number of hydrogen-bond acceptors (Lipinski definition) is 4. The first-order valence-electron chi connectivity index (χ1n) is 3.93. The molecule has 0 aromatic heterocycles. The molecule has 1 aromatic rings. The molecule has 76 valence electrons. The highest BCUT2D eigenvalue weighted by Crippen LogP contribution is 2.11. The summed E-state index contributed by atoms with van der Waals surface area (Å²) in [6, 6.07) is 7.19. The Labute approximate surface area is 85.0 Å². The molecule has 6 heteroatoms. The SMILES string of the molecule is N#C/C(=N\Nc1ccccc1F)C(N)=O. The third kappa shape index (κ3) is 2.77. The molecule has 0 bridgehead atoms. The summed E-state index contributed by atoms with van der Waals surface area (Å²) < 4.78 is 13.0. The molecular weight excluding hydrogens is 199 g/mol. The van der Waals surface area contributed by atoms with Crippen LogP contribution in [-0.2, 0) is 4.79 Å². The first-order chi connectivity index (χ1) is 7.15. The van der Waals surface area contributed by atoms with Crippen LogP contribution in [0.1, 0.15) is 0 Å². The fraction of sp³-hybridized carbons (Fsp3) is 0. The van der Waals surface area contributed by atoms with Crippen LogP contribution in [0.3, 0.4) is 0 Å². The van der Waals surface area contributed by atoms with E-state index in [1.54, 1.807) is 6.07 Å². The molecule has 0 heterocycles. The summed E-state index contributed by atoms with van der Waals surface area (Å²) in [5.74, 6) is -1.51. The number of benzene rings is 1. The predicted octanol–water partition coefficient (Wildman–Crippen LogP) is 0.602. The molecule has 0 aliphatic rings. The summed E-state index contributed by atoms with van der Waals surface area (Å²) in [6.07, 6.45) is 0. The summed E-state index contributed by atoms with van der Waals surface area (Å²) in [4.78, 5) is 10.6. The van der Waals surface area contributed by atoms with E-state index in [1.807, 2.05) is 0 Å². The minimum Gasteiger partial charge on any atom is -0.364 e. The van der Waals surface area contributed by atoms with Gasteiger partial charge < -0.3 is 5.73 Å². The van der Waals surface area contributed by atoms with Crippen LogP contribution in [0.25, 0.3) is 0 Å². The Morgan fingerprint density at radius 1 is 1.53 bits per heavy atom. The highest BCUT2D eigenvalue weighted by atomic mass is 19.1. The third-order valence-electron chi connectivity index (χ3n) is 1.50. The van der Waals surface area contributed by atoms with E-state index in [4.69, 9.17) is 11.0 Å². The molecular formula is C9H7FN4O. The largest absolute Gasteiger partial charge is 0.364 e. The van der Waals surface area contributed by atoms with Crippen LogP contribution in [0, 0.1) is 17.1 Å². The lowest BCUT2D eigenvalue weighted by atomic mass is 10.3. The van der Waals surface area contributed by atoms with Gasteiger partial charge in [-0.25, -0.2) is 4.39 Å². The van der Waals surface area contributed by atoms with Crippen molar-refractivity contribution in [2.75, 3.05) is 5.43 Å². The van der Waals surface area contributed by atoms with Crippen LogP contribution in [0.15, 0.2) is 29.4 Å². The van der Waals surface area contributed by atoms with Gasteiger partial charge in [0.1, 0.15) is 11.9 Å². The molecule has 5 nitrogen and oxygen atoms in total. The van der Waals surface area contributed by atoms with Gasteiger partial charge in [0.05, 0.1) is 5.69 Å². The zero-order valence-electron chi connectivity index (χ0n) is 7.57. The molecule has 0 saturated carbocycles. The van der Waals surface area contributed by atoms with Crippen LogP contribution in [0.2, 0.25) is 0 Å². The minimum atomic E-state index is -0.971. The van der Waals surface area contributed by atoms with Gasteiger partial charge in [-0.3, -0.25) is 10.2 Å². The van der Waals surface area contributed by atoms with E-state index in [-0.39, 0.29) is 5.69 Å². The Bertz CT molecular complexity index is 450. The fourth-order valence-electron chi connectivity index (χ4n) is 0.803. The Kier molecular flexibility index (Phi) is 3.35. The smallest absolute Gasteiger partial charge is 0.280 e. The monoisotopic (exact) mass is 206 g/mol. The van der Waals surface area contributed by atoms with E-state index >= 15 is 0 Å². The van der Waals surface area contributed by atoms with Crippen LogP contribution >= 0.6 is 0 Å². The van der Waals surface area contributed by atoms with Crippen molar-refractivity contribution in [1.29, 1.82) is 5.26 Å². The van der Waals surface area contributed by atoms with E-state index in [9.17, 15) is 9.18 Å². The zero-order chi connectivity index (χ0) is 11.3. The molecule has 3 N–H and O–H groups in total. The third-order valence-corrected chi connectivity index (χ3v) is 1.50. The molecule has 0 aliphatic carbocycles. The van der Waals surface area contributed by atoms with Gasteiger partial charge in [-0.05, 0) is 12.1 Å². The molecule has 15 heavy (non-hydrogen) atoms. The summed E-state index contributed by atoms with van der Waals surface area (Å²) >= 11 is 0. The molecule has 1 rings (SSSR count). The molecule has 0 radical (unpaired) electrons. The first kappa shape index (κ1) is 10.7. The highest BCUT2D eigenvalue weighted by Gasteiger charge is 2.05. The predicted molar refractivity (Wildman–Crippen MR) is 52.3 cm³/mol. The second kappa shape index (κ2) is 4.72. The topological polar surface area (TPSA) is 91.3 Å². The summed E-state index contributed by atoms with van der Waals surface area (Å²) in [5, 5.41) is 11.8. The Balaban J connectivity index is 2.85. The molecule has 0 fully saturated rings. The van der Waals surface area contributed by atoms with E-state index in [2.05, 4.69) is 10.5 Å². The zero-order valence-corrected chi connectivity index (χ0v) is 7.57. The van der Waals surface area contributed by atoms with E-state index in [0.717, 1.165) is 0 Å². The number of halogens is 1. The van der Waals surface area contributed by atoms with Crippen molar-refractivity contribution < 1.29 is 9.18 Å². The molecule has 0 atom stereocenters. The van der Waals surface area contributed by atoms with Crippen molar-refractivity contribution in [1.82, 2.24) is 0 Å². The lowest BCUT2D eigenvalue weighted by Crippen LogP contribution is -2.22. The standard InChI is InChI=1S/C9H7FN4O/c10-6-3-1-2-4-7(6)13-14-8(5-11)9(12)15/h1-4,13H,(H2,12,15)/b14-8+. The molecule has 1 amide bonds. The Morgan fingerprint density at radius 2 is 2.20 bits per heavy atom. The number of amides is 1. The number of carbonyl (C=O) groups excluding carboxylic acids is 1. The number of nitrogens with zero attached hydrogens (tertiary/aromatic N) is 2. The number of para-hydroxylation sites is 1. The van der Waals surface area contributed by atoms with Crippen molar-refractivity contribution in [3.05, 3.63) is 30.1 Å². The van der Waals surface area contributed by atoms with Crippen LogP contribution in [0.5, 0.6) is 0 Å². The quantitative estimate of drug-likeness (QED) is 0.560. The maximum Gasteiger partial charge on any atom is 0.280 e. The summed E-state index contributed by atoms with van der Waals surface area (Å²) in [6.45, 7) is 0. The van der Waals surface area contributed by atoms with Gasteiger partial charge in [0, 0.05) is 0 Å². The van der Waals surface area contributed by atoms with Crippen LogP contribution < -0.4 is 11.2 Å². The molecule has 0 aliphatic heterocycles. The van der Waals surface area contributed by atoms with Crippen molar-refractivity contribution in [3.8, 4) is 6.07 Å². The normalized spacial score (nSPS) is 10.5. The lowest BCUT2D eigenvalue weighted by molar-refractivity contribution is -0.111. The second-order valence-electron chi connectivity index (χ2n) is 2.53. The van der Waals surface area contributed by atoms with Crippen molar-refractivity contribution in [2.45, 2.75) is 0 Å². The number of hydrazone groups is 1. The van der Waals surface area contributed by atoms with E-state index in [0.29, 0.717) is 0 Å². The number of hydrogen-bond donors (Lipinski definition) is 2. The maximum absolute atomic E-state index is 13.0. The Hall–Kier alpha value is -2.42. The van der Waals surface area contributed by atoms with Crippen molar-refractivity contribution in [2.24, 2.45) is 10.8 Å². The number of nitriles is 1. The number of primary amides is 1. The molecule has 1 aromatic carbocycles. The van der Waals surface area contributed by atoms with Gasteiger partial charge in [-0.1, -0.05) is 12.1 Å². The van der Waals surface area contributed by atoms with Gasteiger partial charge in [-0.2, -0.15) is 10.4 Å². The summed E-state index contributed by atoms with van der Waals surface area (Å²) in [7, 11) is 0. The van der Waals surface area contributed by atoms with Crippen LogP contribution in [-0.4, -0.2) is 11.6 Å². The van der Waals surface area contributed by atoms with Gasteiger partial charge in [0.15, 0.2) is 0 Å². The Morgan fingerprint density at radius 3 is 2.73 bits per heavy atom.